The number of nitrogens with two attached hydrogens (primary N) is 1. The molecule has 7 heteroatoms. The van der Waals surface area contributed by atoms with Gasteiger partial charge < -0.3 is 5.73 Å². The van der Waals surface area contributed by atoms with Gasteiger partial charge in [0.15, 0.2) is 19.7 Å². The van der Waals surface area contributed by atoms with Crippen LogP contribution in [0.1, 0.15) is 142 Å². The number of sulfone groups is 2. The first-order valence-electron chi connectivity index (χ1n) is 15.1. The third-order valence-electron chi connectivity index (χ3n) is 7.21. The number of rotatable bonds is 24. The number of anilines is 1. The molecule has 0 unspecified atom stereocenters. The molecule has 0 aliphatic rings. The van der Waals surface area contributed by atoms with Crippen molar-refractivity contribution < 1.29 is 16.8 Å². The lowest BCUT2D eigenvalue weighted by Crippen LogP contribution is -2.12. The summed E-state index contributed by atoms with van der Waals surface area (Å²) in [6.45, 7) is 4.44. The van der Waals surface area contributed by atoms with Crippen LogP contribution in [0.25, 0.3) is 0 Å². The smallest absolute Gasteiger partial charge is 0.180 e. The van der Waals surface area contributed by atoms with Gasteiger partial charge in [0.1, 0.15) is 0 Å². The minimum absolute atomic E-state index is 0.00957. The van der Waals surface area contributed by atoms with Gasteiger partial charge in [-0.2, -0.15) is 0 Å². The summed E-state index contributed by atoms with van der Waals surface area (Å²) in [5.41, 5.74) is 6.10. The van der Waals surface area contributed by atoms with E-state index in [0.29, 0.717) is 12.8 Å². The fourth-order valence-electron chi connectivity index (χ4n) is 4.76. The molecule has 5 nitrogen and oxygen atoms in total. The van der Waals surface area contributed by atoms with Crippen LogP contribution in [0.15, 0.2) is 28.0 Å². The minimum atomic E-state index is -3.61. The van der Waals surface area contributed by atoms with Crippen LogP contribution in [0.4, 0.5) is 5.69 Å². The lowest BCUT2D eigenvalue weighted by molar-refractivity contribution is 0.557. The van der Waals surface area contributed by atoms with Gasteiger partial charge in [0, 0.05) is 0 Å². The summed E-state index contributed by atoms with van der Waals surface area (Å²) >= 11 is 0. The molecule has 1 aromatic rings. The topological polar surface area (TPSA) is 94.3 Å². The predicted molar refractivity (Wildman–Crippen MR) is 159 cm³/mol. The van der Waals surface area contributed by atoms with Gasteiger partial charge in [0.25, 0.3) is 0 Å². The van der Waals surface area contributed by atoms with Gasteiger partial charge in [-0.05, 0) is 31.0 Å². The number of hydrogen-bond donors (Lipinski definition) is 1. The van der Waals surface area contributed by atoms with E-state index in [0.717, 1.165) is 38.5 Å². The van der Waals surface area contributed by atoms with Crippen LogP contribution in [0.3, 0.4) is 0 Å². The molecule has 1 rings (SSSR count). The molecule has 0 aliphatic carbocycles. The fourth-order valence-corrected chi connectivity index (χ4v) is 7.77. The zero-order valence-electron chi connectivity index (χ0n) is 23.8. The standard InChI is InChI=1S/C30H55NO4S2/c1-3-5-7-9-11-13-15-17-19-21-25-36(32,33)28-23-24-29(31)30(27-28)37(34,35)26-22-20-18-16-14-12-10-8-6-4-2/h23-24,27H,3-22,25-26,31H2,1-2H3. The summed E-state index contributed by atoms with van der Waals surface area (Å²) in [6.07, 6.45) is 22.6. The van der Waals surface area contributed by atoms with Crippen LogP contribution in [0.5, 0.6) is 0 Å². The molecule has 2 N–H and O–H groups in total. The van der Waals surface area contributed by atoms with Gasteiger partial charge in [-0.25, -0.2) is 16.8 Å². The first-order valence-corrected chi connectivity index (χ1v) is 18.4. The van der Waals surface area contributed by atoms with Crippen molar-refractivity contribution in [1.82, 2.24) is 0 Å². The molecule has 0 saturated carbocycles. The molecule has 0 spiro atoms. The van der Waals surface area contributed by atoms with Gasteiger partial charge in [-0.3, -0.25) is 0 Å². The highest BCUT2D eigenvalue weighted by atomic mass is 32.2. The molecule has 0 fully saturated rings. The van der Waals surface area contributed by atoms with E-state index < -0.39 is 19.7 Å². The van der Waals surface area contributed by atoms with E-state index in [-0.39, 0.29) is 27.0 Å². The van der Waals surface area contributed by atoms with Crippen molar-refractivity contribution in [1.29, 1.82) is 0 Å². The Hall–Kier alpha value is -1.08. The molecular weight excluding hydrogens is 502 g/mol. The molecular formula is C30H55NO4S2. The van der Waals surface area contributed by atoms with E-state index in [9.17, 15) is 16.8 Å². The summed E-state index contributed by atoms with van der Waals surface area (Å²) in [6, 6.07) is 4.16. The molecule has 0 bridgehead atoms. The molecule has 0 radical (unpaired) electrons. The monoisotopic (exact) mass is 557 g/mol. The van der Waals surface area contributed by atoms with Crippen LogP contribution in [-0.2, 0) is 19.7 Å². The maximum absolute atomic E-state index is 12.9. The van der Waals surface area contributed by atoms with Crippen molar-refractivity contribution in [2.24, 2.45) is 0 Å². The average Bonchev–Trinajstić information content (AvgIpc) is 2.86. The van der Waals surface area contributed by atoms with E-state index in [1.54, 1.807) is 0 Å². The van der Waals surface area contributed by atoms with Gasteiger partial charge in [-0.1, -0.05) is 129 Å². The Morgan fingerprint density at radius 3 is 1.27 bits per heavy atom. The predicted octanol–water partition coefficient (Wildman–Crippen LogP) is 8.66. The Balaban J connectivity index is 2.42. The maximum atomic E-state index is 12.9. The highest BCUT2D eigenvalue weighted by molar-refractivity contribution is 7.92. The molecule has 0 aliphatic heterocycles. The van der Waals surface area contributed by atoms with Crippen molar-refractivity contribution in [3.05, 3.63) is 18.2 Å². The van der Waals surface area contributed by atoms with Crippen LogP contribution in [0, 0.1) is 0 Å². The van der Waals surface area contributed by atoms with Crippen molar-refractivity contribution in [3.8, 4) is 0 Å². The summed E-state index contributed by atoms with van der Waals surface area (Å²) in [5.74, 6) is 0.0565. The van der Waals surface area contributed by atoms with E-state index in [1.807, 2.05) is 0 Å². The van der Waals surface area contributed by atoms with Crippen LogP contribution in [-0.4, -0.2) is 28.3 Å². The first-order chi connectivity index (χ1) is 17.7. The molecule has 0 heterocycles. The second-order valence-corrected chi connectivity index (χ2v) is 14.9. The highest BCUT2D eigenvalue weighted by Gasteiger charge is 2.22. The molecule has 1 aromatic carbocycles. The van der Waals surface area contributed by atoms with Gasteiger partial charge in [0.05, 0.1) is 27.0 Å². The fraction of sp³-hybridized carbons (Fsp3) is 0.800. The quantitative estimate of drug-likeness (QED) is 0.101. The molecule has 216 valence electrons. The molecule has 0 atom stereocenters. The summed E-state index contributed by atoms with van der Waals surface area (Å²) in [7, 11) is -7.15. The maximum Gasteiger partial charge on any atom is 0.180 e. The number of unbranched alkanes of at least 4 members (excludes halogenated alkanes) is 18. The minimum Gasteiger partial charge on any atom is -0.398 e. The molecule has 37 heavy (non-hydrogen) atoms. The van der Waals surface area contributed by atoms with Crippen LogP contribution >= 0.6 is 0 Å². The Morgan fingerprint density at radius 1 is 0.514 bits per heavy atom. The van der Waals surface area contributed by atoms with E-state index in [1.165, 1.54) is 95.2 Å². The summed E-state index contributed by atoms with van der Waals surface area (Å²) in [4.78, 5) is 0.0341. The second-order valence-electron chi connectivity index (χ2n) is 10.7. The molecule has 0 amide bonds. The van der Waals surface area contributed by atoms with Crippen molar-refractivity contribution in [2.45, 2.75) is 152 Å². The van der Waals surface area contributed by atoms with Gasteiger partial charge in [0.2, 0.25) is 0 Å². The summed E-state index contributed by atoms with van der Waals surface area (Å²) < 4.78 is 51.6. The Kier molecular flexibility index (Phi) is 18.3. The SMILES string of the molecule is CCCCCCCCCCCCS(=O)(=O)c1ccc(N)c(S(=O)(=O)CCCCCCCCCCCC)c1. The van der Waals surface area contributed by atoms with Gasteiger partial charge >= 0.3 is 0 Å². The third kappa shape index (κ3) is 15.2. The van der Waals surface area contributed by atoms with E-state index >= 15 is 0 Å². The second kappa shape index (κ2) is 19.9. The number of benzene rings is 1. The van der Waals surface area contributed by atoms with Crippen LogP contribution < -0.4 is 5.73 Å². The number of nitrogen functional groups attached to an aromatic ring is 1. The highest BCUT2D eigenvalue weighted by Crippen LogP contribution is 2.26. The zero-order valence-corrected chi connectivity index (χ0v) is 25.4. The van der Waals surface area contributed by atoms with Crippen molar-refractivity contribution >= 4 is 25.4 Å². The number of hydrogen-bond acceptors (Lipinski definition) is 5. The molecule has 0 aromatic heterocycles. The first kappa shape index (κ1) is 33.9. The van der Waals surface area contributed by atoms with Crippen LogP contribution in [0.2, 0.25) is 0 Å². The van der Waals surface area contributed by atoms with Gasteiger partial charge in [-0.15, -0.1) is 0 Å². The lowest BCUT2D eigenvalue weighted by Gasteiger charge is -2.11. The lowest BCUT2D eigenvalue weighted by atomic mass is 10.1. The Bertz CT molecular complexity index is 927. The van der Waals surface area contributed by atoms with E-state index in [2.05, 4.69) is 13.8 Å². The van der Waals surface area contributed by atoms with Crippen molar-refractivity contribution in [2.75, 3.05) is 17.2 Å². The van der Waals surface area contributed by atoms with E-state index in [4.69, 9.17) is 5.73 Å². The molecule has 0 saturated heterocycles. The largest absolute Gasteiger partial charge is 0.398 e. The normalized spacial score (nSPS) is 12.3. The van der Waals surface area contributed by atoms with Crippen molar-refractivity contribution in [3.63, 3.8) is 0 Å². The third-order valence-corrected chi connectivity index (χ3v) is 10.9. The Labute approximate surface area is 229 Å². The zero-order chi connectivity index (χ0) is 27.4. The average molecular weight is 558 g/mol. The Morgan fingerprint density at radius 2 is 0.865 bits per heavy atom. The summed E-state index contributed by atoms with van der Waals surface area (Å²) in [5, 5.41) is 0.